The topological polar surface area (TPSA) is 68.3 Å². The van der Waals surface area contributed by atoms with Crippen molar-refractivity contribution in [2.45, 2.75) is 9.79 Å². The molecule has 0 N–H and O–H groups in total. The Morgan fingerprint density at radius 1 is 1.00 bits per heavy atom. The Hall–Kier alpha value is -1.79. The molecule has 0 saturated carbocycles. The molecule has 0 saturated heterocycles. The number of hydrogen-bond donors (Lipinski definition) is 0. The average molecular weight is 322 g/mol. The summed E-state index contributed by atoms with van der Waals surface area (Å²) in [6.07, 6.45) is 1.11. The first-order chi connectivity index (χ1) is 9.88. The Bertz CT molecular complexity index is 763. The summed E-state index contributed by atoms with van der Waals surface area (Å²) in [6.45, 7) is 0. The minimum atomic E-state index is -3.28. The van der Waals surface area contributed by atoms with Gasteiger partial charge in [0.1, 0.15) is 0 Å². The van der Waals surface area contributed by atoms with Gasteiger partial charge in [0, 0.05) is 16.7 Å². The SMILES string of the molecule is CS(=O)(=O)c1ccc(S(=O)CC(=O)c2ccccc2)cc1. The van der Waals surface area contributed by atoms with Gasteiger partial charge in [-0.25, -0.2) is 8.42 Å². The van der Waals surface area contributed by atoms with Crippen LogP contribution in [0.25, 0.3) is 0 Å². The van der Waals surface area contributed by atoms with Gasteiger partial charge >= 0.3 is 0 Å². The second-order valence-corrected chi connectivity index (χ2v) is 7.99. The van der Waals surface area contributed by atoms with E-state index in [0.29, 0.717) is 10.5 Å². The van der Waals surface area contributed by atoms with E-state index in [2.05, 4.69) is 0 Å². The second-order valence-electron chi connectivity index (χ2n) is 4.52. The third-order valence-corrected chi connectivity index (χ3v) is 5.32. The van der Waals surface area contributed by atoms with E-state index in [1.807, 2.05) is 0 Å². The lowest BCUT2D eigenvalue weighted by molar-refractivity contribution is 0.102. The van der Waals surface area contributed by atoms with Crippen molar-refractivity contribution in [1.82, 2.24) is 0 Å². The fraction of sp³-hybridized carbons (Fsp3) is 0.133. The number of ketones is 1. The molecular formula is C15H14O4S2. The molecule has 0 bridgehead atoms. The number of benzene rings is 2. The molecule has 110 valence electrons. The van der Waals surface area contributed by atoms with E-state index in [1.165, 1.54) is 24.3 Å². The van der Waals surface area contributed by atoms with Gasteiger partial charge in [-0.2, -0.15) is 0 Å². The van der Waals surface area contributed by atoms with Gasteiger partial charge in [-0.3, -0.25) is 9.00 Å². The first kappa shape index (κ1) is 15.6. The van der Waals surface area contributed by atoms with Crippen molar-refractivity contribution in [3.63, 3.8) is 0 Å². The van der Waals surface area contributed by atoms with Crippen LogP contribution in [0.1, 0.15) is 10.4 Å². The molecule has 0 fully saturated rings. The third-order valence-electron chi connectivity index (χ3n) is 2.87. The highest BCUT2D eigenvalue weighted by atomic mass is 32.2. The normalized spacial score (nSPS) is 12.8. The maximum atomic E-state index is 12.1. The van der Waals surface area contributed by atoms with Gasteiger partial charge in [-0.15, -0.1) is 0 Å². The Morgan fingerprint density at radius 3 is 2.10 bits per heavy atom. The fourth-order valence-electron chi connectivity index (χ4n) is 1.75. The number of Topliss-reactive ketones (excluding diaryl/α,β-unsaturated/α-hetero) is 1. The van der Waals surface area contributed by atoms with Crippen molar-refractivity contribution in [2.75, 3.05) is 12.0 Å². The molecule has 0 aromatic heterocycles. The third kappa shape index (κ3) is 4.09. The molecule has 0 radical (unpaired) electrons. The van der Waals surface area contributed by atoms with E-state index in [4.69, 9.17) is 0 Å². The van der Waals surface area contributed by atoms with Crippen LogP contribution in [-0.4, -0.2) is 30.4 Å². The van der Waals surface area contributed by atoms with Gasteiger partial charge in [-0.05, 0) is 24.3 Å². The predicted molar refractivity (Wildman–Crippen MR) is 81.6 cm³/mol. The van der Waals surface area contributed by atoms with Gasteiger partial charge in [-0.1, -0.05) is 30.3 Å². The Kier molecular flexibility index (Phi) is 4.69. The molecule has 4 nitrogen and oxygen atoms in total. The van der Waals surface area contributed by atoms with Crippen LogP contribution >= 0.6 is 0 Å². The zero-order valence-corrected chi connectivity index (χ0v) is 13.0. The van der Waals surface area contributed by atoms with Crippen molar-refractivity contribution in [1.29, 1.82) is 0 Å². The summed E-state index contributed by atoms with van der Waals surface area (Å²) in [5.41, 5.74) is 0.513. The minimum absolute atomic E-state index is 0.123. The standard InChI is InChI=1S/C15H14O4S2/c1-21(18,19)14-9-7-13(8-10-14)20(17)11-15(16)12-5-3-2-4-6-12/h2-10H,11H2,1H3. The van der Waals surface area contributed by atoms with E-state index < -0.39 is 20.6 Å². The summed E-state index contributed by atoms with van der Waals surface area (Å²) < 4.78 is 34.8. The summed E-state index contributed by atoms with van der Waals surface area (Å²) in [6, 6.07) is 14.4. The van der Waals surface area contributed by atoms with Crippen LogP contribution in [0.4, 0.5) is 0 Å². The molecule has 2 aromatic rings. The zero-order valence-electron chi connectivity index (χ0n) is 11.4. The van der Waals surface area contributed by atoms with Gasteiger partial charge in [0.05, 0.1) is 21.4 Å². The van der Waals surface area contributed by atoms with Crippen LogP contribution in [0.3, 0.4) is 0 Å². The molecule has 1 atom stereocenters. The Labute approximate surface area is 126 Å². The predicted octanol–water partition coefficient (Wildman–Crippen LogP) is 2.08. The molecule has 21 heavy (non-hydrogen) atoms. The monoisotopic (exact) mass is 322 g/mol. The molecule has 0 heterocycles. The summed E-state index contributed by atoms with van der Waals surface area (Å²) in [5.74, 6) is -0.330. The van der Waals surface area contributed by atoms with Crippen molar-refractivity contribution in [2.24, 2.45) is 0 Å². The quantitative estimate of drug-likeness (QED) is 0.790. The van der Waals surface area contributed by atoms with Crippen LogP contribution in [0.5, 0.6) is 0 Å². The van der Waals surface area contributed by atoms with E-state index in [9.17, 15) is 17.4 Å². The summed E-state index contributed by atoms with van der Waals surface area (Å²) in [5, 5.41) is 0. The van der Waals surface area contributed by atoms with E-state index in [0.717, 1.165) is 6.26 Å². The molecule has 0 aliphatic rings. The number of sulfone groups is 1. The average Bonchev–Trinajstić information content (AvgIpc) is 2.47. The first-order valence-corrected chi connectivity index (χ1v) is 9.36. The van der Waals surface area contributed by atoms with Crippen LogP contribution < -0.4 is 0 Å². The first-order valence-electron chi connectivity index (χ1n) is 6.14. The number of rotatable bonds is 5. The molecule has 6 heteroatoms. The van der Waals surface area contributed by atoms with Gasteiger partial charge in [0.15, 0.2) is 15.6 Å². The van der Waals surface area contributed by atoms with E-state index in [-0.39, 0.29) is 16.4 Å². The molecule has 0 amide bonds. The zero-order chi connectivity index (χ0) is 15.5. The minimum Gasteiger partial charge on any atom is -0.293 e. The Morgan fingerprint density at radius 2 is 1.57 bits per heavy atom. The van der Waals surface area contributed by atoms with Crippen LogP contribution in [0, 0.1) is 0 Å². The molecule has 0 aliphatic heterocycles. The maximum Gasteiger partial charge on any atom is 0.175 e. The molecule has 1 unspecified atom stereocenters. The van der Waals surface area contributed by atoms with Crippen LogP contribution in [-0.2, 0) is 20.6 Å². The second kappa shape index (κ2) is 6.32. The van der Waals surface area contributed by atoms with Crippen LogP contribution in [0.15, 0.2) is 64.4 Å². The lowest BCUT2D eigenvalue weighted by Crippen LogP contribution is -2.11. The maximum absolute atomic E-state index is 12.1. The summed E-state index contributed by atoms with van der Waals surface area (Å²) in [7, 11) is -4.77. The number of carbonyl (C=O) groups is 1. The largest absolute Gasteiger partial charge is 0.293 e. The molecule has 2 rings (SSSR count). The van der Waals surface area contributed by atoms with Gasteiger partial charge in [0.25, 0.3) is 0 Å². The number of hydrogen-bond acceptors (Lipinski definition) is 4. The molecule has 0 spiro atoms. The van der Waals surface area contributed by atoms with E-state index in [1.54, 1.807) is 30.3 Å². The highest BCUT2D eigenvalue weighted by molar-refractivity contribution is 7.90. The lowest BCUT2D eigenvalue weighted by atomic mass is 10.2. The molecule has 2 aromatic carbocycles. The highest BCUT2D eigenvalue weighted by Crippen LogP contribution is 2.14. The van der Waals surface area contributed by atoms with E-state index >= 15 is 0 Å². The van der Waals surface area contributed by atoms with Gasteiger partial charge in [0.2, 0.25) is 0 Å². The molecular weight excluding hydrogens is 308 g/mol. The summed E-state index contributed by atoms with van der Waals surface area (Å²) >= 11 is 0. The molecule has 0 aliphatic carbocycles. The van der Waals surface area contributed by atoms with Crippen molar-refractivity contribution < 1.29 is 17.4 Å². The lowest BCUT2D eigenvalue weighted by Gasteiger charge is -2.04. The fourth-order valence-corrected chi connectivity index (χ4v) is 3.39. The van der Waals surface area contributed by atoms with Crippen molar-refractivity contribution >= 4 is 26.4 Å². The van der Waals surface area contributed by atoms with Crippen molar-refractivity contribution in [3.05, 3.63) is 60.2 Å². The van der Waals surface area contributed by atoms with Crippen LogP contribution in [0.2, 0.25) is 0 Å². The van der Waals surface area contributed by atoms with Gasteiger partial charge < -0.3 is 0 Å². The highest BCUT2D eigenvalue weighted by Gasteiger charge is 2.13. The number of carbonyl (C=O) groups excluding carboxylic acids is 1. The summed E-state index contributed by atoms with van der Waals surface area (Å²) in [4.78, 5) is 12.6. The smallest absolute Gasteiger partial charge is 0.175 e. The van der Waals surface area contributed by atoms with Crippen molar-refractivity contribution in [3.8, 4) is 0 Å². The Balaban J connectivity index is 2.12.